The highest BCUT2D eigenvalue weighted by Gasteiger charge is 1.99. The standard InChI is InChI=1S/C12H20N4/c13-6-1-2-7-16-9-12(15)10-4-3-5-11(14)8-10/h3-5,8-9,16H,1-2,6-7,13-15H2/p+1/b12-9-. The van der Waals surface area contributed by atoms with E-state index in [1.54, 1.807) is 0 Å². The predicted molar refractivity (Wildman–Crippen MR) is 68.0 cm³/mol. The molecular weight excluding hydrogens is 200 g/mol. The number of quaternary nitrogens is 1. The van der Waals surface area contributed by atoms with E-state index in [-0.39, 0.29) is 0 Å². The minimum atomic E-state index is 0.748. The maximum atomic E-state index is 5.70. The zero-order chi connectivity index (χ0) is 11.8. The van der Waals surface area contributed by atoms with E-state index in [9.17, 15) is 0 Å². The van der Waals surface area contributed by atoms with E-state index in [4.69, 9.17) is 11.5 Å². The maximum absolute atomic E-state index is 5.70. The number of benzene rings is 1. The van der Waals surface area contributed by atoms with Gasteiger partial charge in [0.25, 0.3) is 0 Å². The second kappa shape index (κ2) is 6.87. The lowest BCUT2D eigenvalue weighted by molar-refractivity contribution is -0.244. The first-order chi connectivity index (χ1) is 7.74. The summed E-state index contributed by atoms with van der Waals surface area (Å²) in [5.41, 5.74) is 17.8. The van der Waals surface area contributed by atoms with Crippen LogP contribution in [0.2, 0.25) is 0 Å². The molecule has 1 aromatic rings. The van der Waals surface area contributed by atoms with E-state index in [1.165, 1.54) is 0 Å². The topological polar surface area (TPSA) is 91.7 Å². The summed E-state index contributed by atoms with van der Waals surface area (Å²) < 4.78 is 0. The molecule has 88 valence electrons. The molecule has 16 heavy (non-hydrogen) atoms. The molecule has 0 aliphatic rings. The molecule has 0 aromatic heterocycles. The summed E-state index contributed by atoms with van der Waals surface area (Å²) in [5.74, 6) is 0. The van der Waals surface area contributed by atoms with Crippen molar-refractivity contribution in [1.82, 2.24) is 5.32 Å². The molecule has 0 unspecified atom stereocenters. The lowest BCUT2D eigenvalue weighted by atomic mass is 10.1. The Bertz CT molecular complexity index is 347. The summed E-state index contributed by atoms with van der Waals surface area (Å²) in [6.45, 7) is 1.68. The van der Waals surface area contributed by atoms with E-state index in [0.717, 1.165) is 42.9 Å². The molecule has 0 atom stereocenters. The minimum absolute atomic E-state index is 0.748. The monoisotopic (exact) mass is 221 g/mol. The summed E-state index contributed by atoms with van der Waals surface area (Å²) in [5, 5.41) is 3.22. The zero-order valence-corrected chi connectivity index (χ0v) is 9.58. The van der Waals surface area contributed by atoms with Crippen molar-refractivity contribution < 1.29 is 5.73 Å². The number of nitrogens with two attached hydrogens (primary N) is 2. The highest BCUT2D eigenvalue weighted by Crippen LogP contribution is 2.10. The van der Waals surface area contributed by atoms with Crippen LogP contribution >= 0.6 is 0 Å². The first kappa shape index (κ1) is 12.5. The fraction of sp³-hybridized carbons (Fsp3) is 0.333. The number of hydrogen-bond acceptors (Lipinski definition) is 3. The Morgan fingerprint density at radius 3 is 2.88 bits per heavy atom. The molecule has 0 saturated heterocycles. The van der Waals surface area contributed by atoms with E-state index < -0.39 is 0 Å². The highest BCUT2D eigenvalue weighted by molar-refractivity contribution is 5.60. The van der Waals surface area contributed by atoms with Gasteiger partial charge in [-0.15, -0.1) is 0 Å². The number of rotatable bonds is 6. The third kappa shape index (κ3) is 4.33. The molecule has 0 saturated carbocycles. The molecule has 4 heteroatoms. The normalized spacial score (nSPS) is 11.5. The van der Waals surface area contributed by atoms with Gasteiger partial charge in [0.05, 0.1) is 6.20 Å². The van der Waals surface area contributed by atoms with Gasteiger partial charge in [0.1, 0.15) is 0 Å². The van der Waals surface area contributed by atoms with Crippen LogP contribution in [0.3, 0.4) is 0 Å². The van der Waals surface area contributed by atoms with Crippen molar-refractivity contribution in [2.75, 3.05) is 18.8 Å². The van der Waals surface area contributed by atoms with Crippen molar-refractivity contribution in [2.24, 2.45) is 5.73 Å². The Kier molecular flexibility index (Phi) is 5.39. The SMILES string of the molecule is NCCCCN/C=C(\[NH3+])c1cccc(N)c1. The number of hydrogen-bond donors (Lipinski definition) is 4. The maximum Gasteiger partial charge on any atom is 0.151 e. The van der Waals surface area contributed by atoms with Gasteiger partial charge in [-0.3, -0.25) is 0 Å². The van der Waals surface area contributed by atoms with Gasteiger partial charge in [0.15, 0.2) is 5.70 Å². The predicted octanol–water partition coefficient (Wildman–Crippen LogP) is 0.138. The number of nitrogen functional groups attached to an aromatic ring is 1. The molecule has 4 nitrogen and oxygen atoms in total. The lowest BCUT2D eigenvalue weighted by Crippen LogP contribution is -2.46. The van der Waals surface area contributed by atoms with Gasteiger partial charge < -0.3 is 22.5 Å². The molecule has 0 aliphatic carbocycles. The van der Waals surface area contributed by atoms with Gasteiger partial charge >= 0.3 is 0 Å². The summed E-state index contributed by atoms with van der Waals surface area (Å²) in [6, 6.07) is 7.71. The Hall–Kier alpha value is -1.52. The molecule has 0 aliphatic heterocycles. The van der Waals surface area contributed by atoms with Gasteiger partial charge in [0.2, 0.25) is 0 Å². The van der Waals surface area contributed by atoms with Crippen LogP contribution in [-0.4, -0.2) is 13.1 Å². The van der Waals surface area contributed by atoms with Crippen molar-refractivity contribution in [1.29, 1.82) is 0 Å². The number of unbranched alkanes of at least 4 members (excludes halogenated alkanes) is 1. The fourth-order valence-electron chi connectivity index (χ4n) is 1.39. The Morgan fingerprint density at radius 2 is 2.19 bits per heavy atom. The first-order valence-corrected chi connectivity index (χ1v) is 5.55. The average Bonchev–Trinajstić information content (AvgIpc) is 2.28. The van der Waals surface area contributed by atoms with E-state index in [0.29, 0.717) is 0 Å². The zero-order valence-electron chi connectivity index (χ0n) is 9.58. The Morgan fingerprint density at radius 1 is 1.38 bits per heavy atom. The third-order valence-corrected chi connectivity index (χ3v) is 2.31. The fourth-order valence-corrected chi connectivity index (χ4v) is 1.39. The summed E-state index contributed by atoms with van der Waals surface area (Å²) >= 11 is 0. The van der Waals surface area contributed by atoms with Crippen LogP contribution in [0.4, 0.5) is 5.69 Å². The summed E-state index contributed by atoms with van der Waals surface area (Å²) in [6.07, 6.45) is 4.05. The molecule has 0 spiro atoms. The van der Waals surface area contributed by atoms with Crippen LogP contribution in [0, 0.1) is 0 Å². The highest BCUT2D eigenvalue weighted by atomic mass is 14.8. The van der Waals surface area contributed by atoms with Crippen LogP contribution < -0.4 is 22.5 Å². The van der Waals surface area contributed by atoms with Gasteiger partial charge in [-0.25, -0.2) is 0 Å². The first-order valence-electron chi connectivity index (χ1n) is 5.55. The lowest BCUT2D eigenvalue weighted by Gasteiger charge is -2.02. The van der Waals surface area contributed by atoms with Crippen LogP contribution in [-0.2, 0) is 0 Å². The number of anilines is 1. The van der Waals surface area contributed by atoms with Crippen molar-refractivity contribution in [2.45, 2.75) is 12.8 Å². The average molecular weight is 221 g/mol. The second-order valence-electron chi connectivity index (χ2n) is 3.74. The van der Waals surface area contributed by atoms with Gasteiger partial charge in [0, 0.05) is 17.8 Å². The van der Waals surface area contributed by atoms with Crippen molar-refractivity contribution in [3.8, 4) is 0 Å². The molecule has 0 bridgehead atoms. The molecule has 8 N–H and O–H groups in total. The molecule has 0 heterocycles. The van der Waals surface area contributed by atoms with Crippen molar-refractivity contribution in [3.05, 3.63) is 36.0 Å². The molecule has 1 rings (SSSR count). The second-order valence-corrected chi connectivity index (χ2v) is 3.74. The smallest absolute Gasteiger partial charge is 0.151 e. The molecule has 0 fully saturated rings. The van der Waals surface area contributed by atoms with Crippen molar-refractivity contribution >= 4 is 11.4 Å². The summed E-state index contributed by atoms with van der Waals surface area (Å²) in [7, 11) is 0. The molecule has 0 amide bonds. The van der Waals surface area contributed by atoms with E-state index in [2.05, 4.69) is 11.1 Å². The van der Waals surface area contributed by atoms with Crippen LogP contribution in [0.1, 0.15) is 18.4 Å². The van der Waals surface area contributed by atoms with Gasteiger partial charge in [-0.1, -0.05) is 6.07 Å². The van der Waals surface area contributed by atoms with Gasteiger partial charge in [-0.2, -0.15) is 0 Å². The number of nitrogens with one attached hydrogen (secondary N) is 1. The molecule has 0 radical (unpaired) electrons. The van der Waals surface area contributed by atoms with E-state index >= 15 is 0 Å². The minimum Gasteiger partial charge on any atom is -0.399 e. The van der Waals surface area contributed by atoms with E-state index in [1.807, 2.05) is 30.5 Å². The third-order valence-electron chi connectivity index (χ3n) is 2.31. The summed E-state index contributed by atoms with van der Waals surface area (Å²) in [4.78, 5) is 0. The largest absolute Gasteiger partial charge is 0.399 e. The molecule has 1 aromatic carbocycles. The Balaban J connectivity index is 2.44. The quantitative estimate of drug-likeness (QED) is 0.406. The Labute approximate surface area is 96.5 Å². The van der Waals surface area contributed by atoms with Crippen LogP contribution in [0.5, 0.6) is 0 Å². The van der Waals surface area contributed by atoms with Crippen molar-refractivity contribution in [3.63, 3.8) is 0 Å². The molecular formula is C12H21N4+. The van der Waals surface area contributed by atoms with Crippen LogP contribution in [0.15, 0.2) is 30.5 Å². The van der Waals surface area contributed by atoms with Gasteiger partial charge in [-0.05, 0) is 37.6 Å². The van der Waals surface area contributed by atoms with Crippen LogP contribution in [0.25, 0.3) is 5.70 Å².